The summed E-state index contributed by atoms with van der Waals surface area (Å²) in [6.45, 7) is 2.35. The van der Waals surface area contributed by atoms with Crippen LogP contribution in [0.2, 0.25) is 0 Å². The summed E-state index contributed by atoms with van der Waals surface area (Å²) in [4.78, 5) is 25.2. The quantitative estimate of drug-likeness (QED) is 0.711. The molecular weight excluding hydrogens is 366 g/mol. The summed E-state index contributed by atoms with van der Waals surface area (Å²) in [6, 6.07) is 11.5. The first kappa shape index (κ1) is 19.1. The lowest BCUT2D eigenvalue weighted by Gasteiger charge is -2.18. The second-order valence-electron chi connectivity index (χ2n) is 6.18. The molecule has 6 nitrogen and oxygen atoms in total. The fraction of sp³-hybridized carbons (Fsp3) is 0.300. The minimum atomic E-state index is -1.10. The highest BCUT2D eigenvalue weighted by Gasteiger charge is 2.26. The largest absolute Gasteiger partial charge is 0.497 e. The van der Waals surface area contributed by atoms with Crippen molar-refractivity contribution in [3.8, 4) is 11.5 Å². The van der Waals surface area contributed by atoms with Gasteiger partial charge in [0.25, 0.3) is 0 Å². The van der Waals surface area contributed by atoms with E-state index in [-0.39, 0.29) is 5.91 Å². The Balaban J connectivity index is 1.68. The maximum Gasteiger partial charge on any atom is 0.330 e. The number of aliphatic carboxylic acids is 1. The number of carboxylic acids is 1. The van der Waals surface area contributed by atoms with Gasteiger partial charge in [0.05, 0.1) is 19.0 Å². The molecule has 0 bridgehead atoms. The number of carboxylic acid groups (broad SMARTS) is 1. The summed E-state index contributed by atoms with van der Waals surface area (Å²) in [5, 5.41) is 11.8. The highest BCUT2D eigenvalue weighted by atomic mass is 32.2. The van der Waals surface area contributed by atoms with Crippen LogP contribution in [0, 0.1) is 0 Å². The van der Waals surface area contributed by atoms with Crippen molar-refractivity contribution >= 4 is 23.6 Å². The summed E-state index contributed by atoms with van der Waals surface area (Å²) in [7, 11) is 1.59. The van der Waals surface area contributed by atoms with Crippen LogP contribution in [0.15, 0.2) is 47.4 Å². The summed E-state index contributed by atoms with van der Waals surface area (Å²) in [5.41, 5.74) is 1.51. The Labute approximate surface area is 161 Å². The number of thioether (sulfide) groups is 1. The predicted octanol–water partition coefficient (Wildman–Crippen LogP) is 3.05. The van der Waals surface area contributed by atoms with E-state index in [1.54, 1.807) is 32.2 Å². The monoisotopic (exact) mass is 387 g/mol. The Kier molecular flexibility index (Phi) is 5.91. The topological polar surface area (TPSA) is 84.9 Å². The smallest absolute Gasteiger partial charge is 0.330 e. The van der Waals surface area contributed by atoms with Gasteiger partial charge >= 0.3 is 5.97 Å². The number of hydrogen-bond donors (Lipinski definition) is 2. The molecule has 0 aliphatic carbocycles. The van der Waals surface area contributed by atoms with Crippen LogP contribution in [0.1, 0.15) is 24.1 Å². The van der Waals surface area contributed by atoms with Gasteiger partial charge < -0.3 is 19.9 Å². The number of methoxy groups -OCH3 is 1. The Morgan fingerprint density at radius 1 is 1.22 bits per heavy atom. The van der Waals surface area contributed by atoms with Crippen molar-refractivity contribution in [3.63, 3.8) is 0 Å². The number of nitrogens with one attached hydrogen (secondary N) is 1. The summed E-state index contributed by atoms with van der Waals surface area (Å²) in [5.74, 6) is 0.0875. The van der Waals surface area contributed by atoms with E-state index in [0.717, 1.165) is 28.4 Å². The van der Waals surface area contributed by atoms with Crippen molar-refractivity contribution in [1.29, 1.82) is 0 Å². The van der Waals surface area contributed by atoms with Gasteiger partial charge in [0.1, 0.15) is 11.5 Å². The molecule has 7 heteroatoms. The molecule has 0 radical (unpaired) electrons. The van der Waals surface area contributed by atoms with Crippen LogP contribution >= 0.6 is 11.8 Å². The van der Waals surface area contributed by atoms with Gasteiger partial charge in [-0.05, 0) is 54.4 Å². The average Bonchev–Trinajstić information content (AvgIpc) is 3.14. The summed E-state index contributed by atoms with van der Waals surface area (Å²) in [6.07, 6.45) is 0.743. The van der Waals surface area contributed by atoms with Gasteiger partial charge in [-0.15, -0.1) is 11.8 Å². The number of carbonyl (C=O) groups excluding carboxylic acids is 1. The zero-order chi connectivity index (χ0) is 19.4. The standard InChI is InChI=1S/C20H21NO5S/c1-12(27-16-6-4-15(25-2)5-7-16)19(22)21-18(20(23)24)14-3-8-17-13(11-14)9-10-26-17/h3-8,11-12,18H,9-10H2,1-2H3,(H,21,22)(H,23,24). The van der Waals surface area contributed by atoms with E-state index in [1.165, 1.54) is 11.8 Å². The van der Waals surface area contributed by atoms with Crippen LogP contribution in [0.4, 0.5) is 0 Å². The van der Waals surface area contributed by atoms with Gasteiger partial charge in [-0.1, -0.05) is 6.07 Å². The molecule has 0 saturated heterocycles. The first-order valence-corrected chi connectivity index (χ1v) is 9.45. The number of ether oxygens (including phenoxy) is 2. The molecule has 3 rings (SSSR count). The summed E-state index contributed by atoms with van der Waals surface area (Å²) >= 11 is 1.36. The first-order chi connectivity index (χ1) is 13.0. The molecule has 1 aliphatic rings. The molecule has 2 unspecified atom stereocenters. The Hall–Kier alpha value is -2.67. The van der Waals surface area contributed by atoms with Crippen molar-refractivity contribution in [2.45, 2.75) is 29.5 Å². The number of fused-ring (bicyclic) bond motifs is 1. The minimum absolute atomic E-state index is 0.333. The Bertz CT molecular complexity index is 837. The van der Waals surface area contributed by atoms with Crippen molar-refractivity contribution in [3.05, 3.63) is 53.6 Å². The van der Waals surface area contributed by atoms with E-state index in [2.05, 4.69) is 5.32 Å². The van der Waals surface area contributed by atoms with Gasteiger partial charge in [0, 0.05) is 11.3 Å². The molecule has 0 aromatic heterocycles. The van der Waals surface area contributed by atoms with Crippen LogP contribution < -0.4 is 14.8 Å². The number of benzene rings is 2. The van der Waals surface area contributed by atoms with Gasteiger partial charge in [-0.3, -0.25) is 4.79 Å². The van der Waals surface area contributed by atoms with Crippen LogP contribution in [0.5, 0.6) is 11.5 Å². The van der Waals surface area contributed by atoms with Crippen molar-refractivity contribution in [2.24, 2.45) is 0 Å². The zero-order valence-electron chi connectivity index (χ0n) is 15.1. The highest BCUT2D eigenvalue weighted by molar-refractivity contribution is 8.00. The molecule has 0 spiro atoms. The molecular formula is C20H21NO5S. The van der Waals surface area contributed by atoms with Gasteiger partial charge in [-0.2, -0.15) is 0 Å². The van der Waals surface area contributed by atoms with Crippen molar-refractivity contribution < 1.29 is 24.2 Å². The maximum atomic E-state index is 12.5. The average molecular weight is 387 g/mol. The molecule has 1 aliphatic heterocycles. The third-order valence-corrected chi connectivity index (χ3v) is 5.43. The van der Waals surface area contributed by atoms with E-state index < -0.39 is 17.3 Å². The highest BCUT2D eigenvalue weighted by Crippen LogP contribution is 2.29. The number of hydrogen-bond acceptors (Lipinski definition) is 5. The Morgan fingerprint density at radius 2 is 1.96 bits per heavy atom. The van der Waals surface area contributed by atoms with E-state index in [0.29, 0.717) is 12.2 Å². The van der Waals surface area contributed by atoms with Crippen LogP contribution in [0.3, 0.4) is 0 Å². The second kappa shape index (κ2) is 8.35. The Morgan fingerprint density at radius 3 is 2.63 bits per heavy atom. The molecule has 0 fully saturated rings. The van der Waals surface area contributed by atoms with Crippen LogP contribution in [-0.2, 0) is 16.0 Å². The van der Waals surface area contributed by atoms with Crippen molar-refractivity contribution in [2.75, 3.05) is 13.7 Å². The molecule has 27 heavy (non-hydrogen) atoms. The molecule has 1 amide bonds. The zero-order valence-corrected chi connectivity index (χ0v) is 15.9. The molecule has 2 aromatic carbocycles. The number of carbonyl (C=O) groups is 2. The molecule has 0 saturated carbocycles. The predicted molar refractivity (Wildman–Crippen MR) is 102 cm³/mol. The number of amides is 1. The molecule has 2 atom stereocenters. The fourth-order valence-electron chi connectivity index (χ4n) is 2.85. The van der Waals surface area contributed by atoms with Gasteiger partial charge in [0.2, 0.25) is 5.91 Å². The van der Waals surface area contributed by atoms with E-state index in [9.17, 15) is 14.7 Å². The molecule has 142 valence electrons. The minimum Gasteiger partial charge on any atom is -0.497 e. The van der Waals surface area contributed by atoms with E-state index in [4.69, 9.17) is 9.47 Å². The first-order valence-electron chi connectivity index (χ1n) is 8.57. The second-order valence-corrected chi connectivity index (χ2v) is 7.60. The van der Waals surface area contributed by atoms with Crippen LogP contribution in [-0.4, -0.2) is 35.9 Å². The number of rotatable bonds is 7. The molecule has 2 aromatic rings. The van der Waals surface area contributed by atoms with E-state index >= 15 is 0 Å². The molecule has 1 heterocycles. The third-order valence-electron chi connectivity index (χ3n) is 4.32. The lowest BCUT2D eigenvalue weighted by molar-refractivity contribution is -0.141. The fourth-order valence-corrected chi connectivity index (χ4v) is 3.72. The van der Waals surface area contributed by atoms with Gasteiger partial charge in [-0.25, -0.2) is 4.79 Å². The third kappa shape index (κ3) is 4.54. The van der Waals surface area contributed by atoms with E-state index in [1.807, 2.05) is 24.3 Å². The maximum absolute atomic E-state index is 12.5. The lowest BCUT2D eigenvalue weighted by Crippen LogP contribution is -2.38. The van der Waals surface area contributed by atoms with Gasteiger partial charge in [0.15, 0.2) is 6.04 Å². The van der Waals surface area contributed by atoms with Crippen molar-refractivity contribution in [1.82, 2.24) is 5.32 Å². The normalized spacial score (nSPS) is 14.6. The van der Waals surface area contributed by atoms with Crippen LogP contribution in [0.25, 0.3) is 0 Å². The summed E-state index contributed by atoms with van der Waals surface area (Å²) < 4.78 is 10.6. The molecule has 2 N–H and O–H groups in total. The SMILES string of the molecule is COc1ccc(SC(C)C(=O)NC(C(=O)O)c2ccc3c(c2)CCO3)cc1. The lowest BCUT2D eigenvalue weighted by atomic mass is 10.0.